The van der Waals surface area contributed by atoms with Crippen molar-refractivity contribution in [2.45, 2.75) is 12.6 Å². The van der Waals surface area contributed by atoms with Crippen LogP contribution in [-0.4, -0.2) is 39.4 Å². The Bertz CT molecular complexity index is 826. The summed E-state index contributed by atoms with van der Waals surface area (Å²) in [6, 6.07) is 11.0. The van der Waals surface area contributed by atoms with Gasteiger partial charge in [0.1, 0.15) is 11.5 Å². The average Bonchev–Trinajstić information content (AvgIpc) is 3.47. The second-order valence-corrected chi connectivity index (χ2v) is 7.00. The van der Waals surface area contributed by atoms with Crippen LogP contribution in [0.1, 0.15) is 0 Å². The highest BCUT2D eigenvalue weighted by molar-refractivity contribution is 5.47. The lowest BCUT2D eigenvalue weighted by Gasteiger charge is -2.18. The first-order chi connectivity index (χ1) is 13.8. The van der Waals surface area contributed by atoms with Crippen molar-refractivity contribution in [1.29, 1.82) is 0 Å². The molecular formula is C20H18O8. The maximum atomic E-state index is 6.04. The minimum atomic E-state index is -0.393. The lowest BCUT2D eigenvalue weighted by Crippen LogP contribution is -2.28. The minimum absolute atomic E-state index is 0.0874. The predicted molar refractivity (Wildman–Crippen MR) is 92.8 cm³/mol. The van der Waals surface area contributed by atoms with Crippen molar-refractivity contribution in [1.82, 2.24) is 0 Å². The fraction of sp³-hybridized carbons (Fsp3) is 0.400. The van der Waals surface area contributed by atoms with Gasteiger partial charge in [0.15, 0.2) is 23.0 Å². The molecule has 2 aromatic carbocycles. The van der Waals surface area contributed by atoms with Crippen LogP contribution >= 0.6 is 0 Å². The molecule has 0 bridgehead atoms. The Labute approximate surface area is 160 Å². The molecule has 0 aliphatic carbocycles. The van der Waals surface area contributed by atoms with Gasteiger partial charge in [-0.25, -0.2) is 0 Å². The van der Waals surface area contributed by atoms with Crippen LogP contribution < -0.4 is 28.4 Å². The van der Waals surface area contributed by atoms with Gasteiger partial charge in [-0.15, -0.1) is 0 Å². The van der Waals surface area contributed by atoms with Crippen molar-refractivity contribution < 1.29 is 37.9 Å². The second-order valence-electron chi connectivity index (χ2n) is 7.00. The van der Waals surface area contributed by atoms with E-state index >= 15 is 0 Å². The Hall–Kier alpha value is -2.84. The fourth-order valence-electron chi connectivity index (χ4n) is 3.88. The van der Waals surface area contributed by atoms with Gasteiger partial charge in [0.05, 0.1) is 25.0 Å². The van der Waals surface area contributed by atoms with E-state index in [2.05, 4.69) is 0 Å². The maximum absolute atomic E-state index is 6.04. The molecule has 4 heterocycles. The normalized spacial score (nSPS) is 29.0. The summed E-state index contributed by atoms with van der Waals surface area (Å²) < 4.78 is 45.3. The van der Waals surface area contributed by atoms with Crippen molar-refractivity contribution in [3.8, 4) is 34.5 Å². The standard InChI is InChI=1S/C20H18O8/c1-3-15-17(25-9-23-15)5-11(1)27-19-13-7-22-20(14(13)8-21-19)28-12-2-4-16-18(6-12)26-10-24-16/h1-6,13-14,19-20H,7-10H2/t13-,14-,19-,20-/m0/s1. The van der Waals surface area contributed by atoms with Crippen LogP contribution in [0.2, 0.25) is 0 Å². The third kappa shape index (κ3) is 2.68. The lowest BCUT2D eigenvalue weighted by atomic mass is 9.98. The van der Waals surface area contributed by atoms with Crippen LogP contribution in [0.25, 0.3) is 0 Å². The van der Waals surface area contributed by atoms with Gasteiger partial charge >= 0.3 is 0 Å². The SMILES string of the molecule is c1cc2c(cc1O[C@@H]1OC[C@@H]3[C@H](Oc4ccc5c(c4)OCO5)OC[C@H]13)OCO2. The summed E-state index contributed by atoms with van der Waals surface area (Å²) in [6.45, 7) is 1.48. The average molecular weight is 386 g/mol. The molecule has 4 aliphatic rings. The van der Waals surface area contributed by atoms with E-state index in [1.54, 1.807) is 0 Å². The fourth-order valence-corrected chi connectivity index (χ4v) is 3.88. The first-order valence-electron chi connectivity index (χ1n) is 9.19. The number of hydrogen-bond acceptors (Lipinski definition) is 8. The second kappa shape index (κ2) is 6.35. The van der Waals surface area contributed by atoms with Crippen molar-refractivity contribution >= 4 is 0 Å². The highest BCUT2D eigenvalue weighted by Crippen LogP contribution is 2.42. The first kappa shape index (κ1) is 16.1. The van der Waals surface area contributed by atoms with Crippen molar-refractivity contribution in [2.24, 2.45) is 11.8 Å². The van der Waals surface area contributed by atoms with E-state index in [4.69, 9.17) is 37.9 Å². The largest absolute Gasteiger partial charge is 0.464 e. The van der Waals surface area contributed by atoms with Gasteiger partial charge < -0.3 is 37.9 Å². The third-order valence-corrected chi connectivity index (χ3v) is 5.35. The van der Waals surface area contributed by atoms with Crippen LogP contribution in [0, 0.1) is 11.8 Å². The number of benzene rings is 2. The maximum Gasteiger partial charge on any atom is 0.231 e. The van der Waals surface area contributed by atoms with Gasteiger partial charge in [-0.2, -0.15) is 0 Å². The molecule has 2 fully saturated rings. The van der Waals surface area contributed by atoms with Crippen LogP contribution in [0.4, 0.5) is 0 Å². The van der Waals surface area contributed by atoms with E-state index in [1.807, 2.05) is 36.4 Å². The van der Waals surface area contributed by atoms with E-state index in [0.29, 0.717) is 36.2 Å². The molecule has 0 radical (unpaired) electrons. The zero-order valence-corrected chi connectivity index (χ0v) is 14.9. The molecule has 4 aliphatic heterocycles. The Morgan fingerprint density at radius 1 is 0.607 bits per heavy atom. The molecule has 8 nitrogen and oxygen atoms in total. The molecule has 28 heavy (non-hydrogen) atoms. The Morgan fingerprint density at radius 2 is 1.07 bits per heavy atom. The van der Waals surface area contributed by atoms with E-state index in [1.165, 1.54) is 0 Å². The van der Waals surface area contributed by atoms with E-state index in [0.717, 1.165) is 11.5 Å². The van der Waals surface area contributed by atoms with E-state index in [9.17, 15) is 0 Å². The number of ether oxygens (including phenoxy) is 8. The third-order valence-electron chi connectivity index (χ3n) is 5.35. The predicted octanol–water partition coefficient (Wildman–Crippen LogP) is 2.55. The summed E-state index contributed by atoms with van der Waals surface area (Å²) in [5.41, 5.74) is 0. The van der Waals surface area contributed by atoms with Gasteiger partial charge in [0, 0.05) is 12.1 Å². The number of rotatable bonds is 4. The summed E-state index contributed by atoms with van der Waals surface area (Å²) in [6.07, 6.45) is -0.786. The zero-order valence-electron chi connectivity index (χ0n) is 14.9. The van der Waals surface area contributed by atoms with Crippen LogP contribution in [-0.2, 0) is 9.47 Å². The van der Waals surface area contributed by atoms with Crippen LogP contribution in [0.5, 0.6) is 34.5 Å². The summed E-state index contributed by atoms with van der Waals surface area (Å²) in [7, 11) is 0. The molecule has 0 N–H and O–H groups in total. The number of fused-ring (bicyclic) bond motifs is 3. The quantitative estimate of drug-likeness (QED) is 0.794. The molecule has 0 amide bonds. The molecule has 0 saturated carbocycles. The highest BCUT2D eigenvalue weighted by atomic mass is 16.7. The topological polar surface area (TPSA) is 73.8 Å². The van der Waals surface area contributed by atoms with Gasteiger partial charge in [0.25, 0.3) is 0 Å². The lowest BCUT2D eigenvalue weighted by molar-refractivity contribution is -0.106. The Morgan fingerprint density at radius 3 is 1.57 bits per heavy atom. The van der Waals surface area contributed by atoms with Crippen molar-refractivity contribution in [3.05, 3.63) is 36.4 Å². The molecule has 4 atom stereocenters. The Balaban J connectivity index is 1.13. The van der Waals surface area contributed by atoms with Gasteiger partial charge in [0.2, 0.25) is 26.2 Å². The summed E-state index contributed by atoms with van der Waals surface area (Å²) in [5.74, 6) is 4.33. The molecule has 2 saturated heterocycles. The van der Waals surface area contributed by atoms with E-state index in [-0.39, 0.29) is 25.4 Å². The molecular weight excluding hydrogens is 368 g/mol. The molecule has 0 aromatic heterocycles. The molecule has 2 aromatic rings. The highest BCUT2D eigenvalue weighted by Gasteiger charge is 2.50. The smallest absolute Gasteiger partial charge is 0.231 e. The summed E-state index contributed by atoms with van der Waals surface area (Å²) in [4.78, 5) is 0. The monoisotopic (exact) mass is 386 g/mol. The van der Waals surface area contributed by atoms with Crippen molar-refractivity contribution in [2.75, 3.05) is 26.8 Å². The van der Waals surface area contributed by atoms with Crippen molar-refractivity contribution in [3.63, 3.8) is 0 Å². The minimum Gasteiger partial charge on any atom is -0.464 e. The van der Waals surface area contributed by atoms with Gasteiger partial charge in [-0.3, -0.25) is 0 Å². The van der Waals surface area contributed by atoms with Gasteiger partial charge in [-0.1, -0.05) is 0 Å². The summed E-state index contributed by atoms with van der Waals surface area (Å²) >= 11 is 0. The number of hydrogen-bond donors (Lipinski definition) is 0. The summed E-state index contributed by atoms with van der Waals surface area (Å²) in [5, 5.41) is 0. The van der Waals surface area contributed by atoms with Gasteiger partial charge in [-0.05, 0) is 24.3 Å². The van der Waals surface area contributed by atoms with Crippen LogP contribution in [0.3, 0.4) is 0 Å². The molecule has 8 heteroatoms. The zero-order chi connectivity index (χ0) is 18.5. The van der Waals surface area contributed by atoms with E-state index < -0.39 is 12.6 Å². The first-order valence-corrected chi connectivity index (χ1v) is 9.19. The molecule has 146 valence electrons. The molecule has 0 spiro atoms. The van der Waals surface area contributed by atoms with Crippen LogP contribution in [0.15, 0.2) is 36.4 Å². The molecule has 0 unspecified atom stereocenters. The molecule has 6 rings (SSSR count). The Kier molecular flexibility index (Phi) is 3.66.